The predicted molar refractivity (Wildman–Crippen MR) is 153 cm³/mol. The Labute approximate surface area is 234 Å². The summed E-state index contributed by atoms with van der Waals surface area (Å²) in [6, 6.07) is 28.0. The van der Waals surface area contributed by atoms with Gasteiger partial charge in [0.1, 0.15) is 0 Å². The molecule has 0 spiro atoms. The number of hydrogen-bond donors (Lipinski definition) is 1. The maximum Gasteiger partial charge on any atom is 0.339 e. The van der Waals surface area contributed by atoms with Gasteiger partial charge in [-0.15, -0.1) is 0 Å². The summed E-state index contributed by atoms with van der Waals surface area (Å²) in [5.41, 5.74) is 5.11. The van der Waals surface area contributed by atoms with E-state index in [2.05, 4.69) is 5.32 Å². The molecular formula is C32H30N2O5S. The number of carbonyl (C=O) groups excluding carboxylic acids is 2. The normalized spacial score (nSPS) is 14.2. The number of amides is 1. The lowest BCUT2D eigenvalue weighted by Crippen LogP contribution is -2.36. The molecule has 1 unspecified atom stereocenters. The van der Waals surface area contributed by atoms with E-state index in [1.54, 1.807) is 30.3 Å². The monoisotopic (exact) mass is 554 g/mol. The standard InChI is InChI=1S/C32H30N2O5S/c1-22-15-16-23(2)29(19-22)33-31(35)30(25-10-4-3-5-11-25)39-32(36)26-13-8-14-28(20-26)40(37,38)34-18-17-24-9-6-7-12-27(24)21-34/h3-16,19-20,30H,17-18,21H2,1-2H3,(H,33,35). The van der Waals surface area contributed by atoms with E-state index >= 15 is 0 Å². The summed E-state index contributed by atoms with van der Waals surface area (Å²) in [6.07, 6.45) is -0.627. The molecule has 0 radical (unpaired) electrons. The molecule has 1 heterocycles. The Hall–Kier alpha value is -4.27. The van der Waals surface area contributed by atoms with Crippen molar-refractivity contribution in [2.24, 2.45) is 0 Å². The number of fused-ring (bicyclic) bond motifs is 1. The Balaban J connectivity index is 1.38. The number of hydrogen-bond acceptors (Lipinski definition) is 5. The highest BCUT2D eigenvalue weighted by atomic mass is 32.2. The van der Waals surface area contributed by atoms with Crippen molar-refractivity contribution >= 4 is 27.6 Å². The van der Waals surface area contributed by atoms with Gasteiger partial charge < -0.3 is 10.1 Å². The zero-order chi connectivity index (χ0) is 28.3. The van der Waals surface area contributed by atoms with E-state index in [0.717, 1.165) is 22.3 Å². The van der Waals surface area contributed by atoms with E-state index < -0.39 is 28.0 Å². The van der Waals surface area contributed by atoms with Crippen LogP contribution in [0.3, 0.4) is 0 Å². The maximum atomic E-state index is 13.5. The summed E-state index contributed by atoms with van der Waals surface area (Å²) < 4.78 is 34.1. The topological polar surface area (TPSA) is 92.8 Å². The number of rotatable bonds is 7. The summed E-state index contributed by atoms with van der Waals surface area (Å²) in [5.74, 6) is -1.31. The molecule has 0 aliphatic carbocycles. The average Bonchev–Trinajstić information content (AvgIpc) is 2.97. The predicted octanol–water partition coefficient (Wildman–Crippen LogP) is 5.59. The molecule has 5 rings (SSSR count). The first-order valence-electron chi connectivity index (χ1n) is 13.0. The fourth-order valence-electron chi connectivity index (χ4n) is 4.75. The van der Waals surface area contributed by atoms with Crippen LogP contribution < -0.4 is 5.32 Å². The van der Waals surface area contributed by atoms with E-state index in [1.807, 2.05) is 56.3 Å². The van der Waals surface area contributed by atoms with Crippen molar-refractivity contribution in [3.8, 4) is 0 Å². The summed E-state index contributed by atoms with van der Waals surface area (Å²) in [7, 11) is -3.86. The van der Waals surface area contributed by atoms with E-state index in [4.69, 9.17) is 4.74 Å². The van der Waals surface area contributed by atoms with Gasteiger partial charge in [0, 0.05) is 24.3 Å². The second-order valence-corrected chi connectivity index (χ2v) is 11.8. The molecule has 4 aromatic rings. The van der Waals surface area contributed by atoms with Crippen LogP contribution in [-0.4, -0.2) is 31.1 Å². The van der Waals surface area contributed by atoms with Crippen molar-refractivity contribution in [1.29, 1.82) is 0 Å². The number of nitrogens with one attached hydrogen (secondary N) is 1. The molecule has 0 fully saturated rings. The molecule has 8 heteroatoms. The molecule has 1 aliphatic heterocycles. The van der Waals surface area contributed by atoms with Crippen LogP contribution in [0.15, 0.2) is 102 Å². The van der Waals surface area contributed by atoms with Gasteiger partial charge in [-0.2, -0.15) is 4.31 Å². The molecule has 0 saturated heterocycles. The summed E-state index contributed by atoms with van der Waals surface area (Å²) in [5, 5.41) is 2.87. The first kappa shape index (κ1) is 27.3. The lowest BCUT2D eigenvalue weighted by molar-refractivity contribution is -0.125. The highest BCUT2D eigenvalue weighted by Gasteiger charge is 2.30. The van der Waals surface area contributed by atoms with Gasteiger partial charge in [-0.1, -0.05) is 72.8 Å². The lowest BCUT2D eigenvalue weighted by atomic mass is 10.0. The molecule has 40 heavy (non-hydrogen) atoms. The van der Waals surface area contributed by atoms with E-state index in [0.29, 0.717) is 24.2 Å². The van der Waals surface area contributed by atoms with Gasteiger partial charge in [-0.25, -0.2) is 13.2 Å². The largest absolute Gasteiger partial charge is 0.444 e. The number of nitrogens with zero attached hydrogens (tertiary/aromatic N) is 1. The van der Waals surface area contributed by atoms with E-state index in [1.165, 1.54) is 28.6 Å². The van der Waals surface area contributed by atoms with Crippen molar-refractivity contribution in [3.05, 3.63) is 130 Å². The first-order valence-corrected chi connectivity index (χ1v) is 14.5. The minimum Gasteiger partial charge on any atom is -0.444 e. The molecule has 1 aliphatic rings. The van der Waals surface area contributed by atoms with Gasteiger partial charge in [0.15, 0.2) is 0 Å². The highest BCUT2D eigenvalue weighted by Crippen LogP contribution is 2.27. The van der Waals surface area contributed by atoms with Crippen molar-refractivity contribution in [2.45, 2.75) is 37.8 Å². The Bertz CT molecular complexity index is 1670. The molecule has 4 aromatic carbocycles. The molecule has 7 nitrogen and oxygen atoms in total. The third kappa shape index (κ3) is 5.83. The number of ether oxygens (including phenoxy) is 1. The smallest absolute Gasteiger partial charge is 0.339 e. The van der Waals surface area contributed by atoms with Crippen molar-refractivity contribution in [3.63, 3.8) is 0 Å². The Morgan fingerprint density at radius 1 is 0.850 bits per heavy atom. The van der Waals surface area contributed by atoms with Crippen LogP contribution in [0.5, 0.6) is 0 Å². The zero-order valence-electron chi connectivity index (χ0n) is 22.3. The quantitative estimate of drug-likeness (QED) is 0.301. The average molecular weight is 555 g/mol. The molecule has 1 N–H and O–H groups in total. The minimum absolute atomic E-state index is 0.00238. The van der Waals surface area contributed by atoms with Gasteiger partial charge in [0.2, 0.25) is 16.1 Å². The van der Waals surface area contributed by atoms with Crippen LogP contribution in [0, 0.1) is 13.8 Å². The molecular weight excluding hydrogens is 524 g/mol. The molecule has 0 saturated carbocycles. The summed E-state index contributed by atoms with van der Waals surface area (Å²) in [4.78, 5) is 26.7. The molecule has 0 bridgehead atoms. The van der Waals surface area contributed by atoms with E-state index in [9.17, 15) is 18.0 Å². The second-order valence-electron chi connectivity index (χ2n) is 9.89. The Morgan fingerprint density at radius 3 is 2.35 bits per heavy atom. The molecule has 0 aromatic heterocycles. The van der Waals surface area contributed by atoms with Crippen LogP contribution in [0.25, 0.3) is 0 Å². The molecule has 1 amide bonds. The second kappa shape index (κ2) is 11.5. The van der Waals surface area contributed by atoms with Gasteiger partial charge in [-0.3, -0.25) is 4.79 Å². The fraction of sp³-hybridized carbons (Fsp3) is 0.188. The van der Waals surface area contributed by atoms with Crippen LogP contribution in [0.2, 0.25) is 0 Å². The Kier molecular flexibility index (Phi) is 7.82. The zero-order valence-corrected chi connectivity index (χ0v) is 23.1. The number of anilines is 1. The first-order chi connectivity index (χ1) is 19.2. The van der Waals surface area contributed by atoms with Crippen molar-refractivity contribution in [2.75, 3.05) is 11.9 Å². The van der Waals surface area contributed by atoms with Crippen LogP contribution in [0.4, 0.5) is 5.69 Å². The third-order valence-electron chi connectivity index (χ3n) is 7.02. The number of benzene rings is 4. The summed E-state index contributed by atoms with van der Waals surface area (Å²) in [6.45, 7) is 4.42. The number of sulfonamides is 1. The third-order valence-corrected chi connectivity index (χ3v) is 8.86. The van der Waals surface area contributed by atoms with Crippen LogP contribution >= 0.6 is 0 Å². The summed E-state index contributed by atoms with van der Waals surface area (Å²) >= 11 is 0. The highest BCUT2D eigenvalue weighted by molar-refractivity contribution is 7.89. The van der Waals surface area contributed by atoms with Crippen molar-refractivity contribution in [1.82, 2.24) is 4.31 Å². The van der Waals surface area contributed by atoms with Crippen molar-refractivity contribution < 1.29 is 22.7 Å². The SMILES string of the molecule is Cc1ccc(C)c(NC(=O)C(OC(=O)c2cccc(S(=O)(=O)N3CCc4ccccc4C3)c2)c2ccccc2)c1. The van der Waals surface area contributed by atoms with Crippen LogP contribution in [-0.2, 0) is 32.5 Å². The van der Waals surface area contributed by atoms with E-state index in [-0.39, 0.29) is 17.0 Å². The van der Waals surface area contributed by atoms with Gasteiger partial charge in [0.05, 0.1) is 10.5 Å². The van der Waals surface area contributed by atoms with Gasteiger partial charge in [-0.05, 0) is 66.8 Å². The molecule has 204 valence electrons. The van der Waals surface area contributed by atoms with Gasteiger partial charge in [0.25, 0.3) is 5.91 Å². The molecule has 1 atom stereocenters. The number of carbonyl (C=O) groups is 2. The Morgan fingerprint density at radius 2 is 1.57 bits per heavy atom. The fourth-order valence-corrected chi connectivity index (χ4v) is 6.22. The number of aryl methyl sites for hydroxylation is 2. The lowest BCUT2D eigenvalue weighted by Gasteiger charge is -2.28. The number of esters is 1. The van der Waals surface area contributed by atoms with Crippen LogP contribution in [0.1, 0.15) is 44.3 Å². The minimum atomic E-state index is -3.86. The maximum absolute atomic E-state index is 13.5. The van der Waals surface area contributed by atoms with Gasteiger partial charge >= 0.3 is 5.97 Å².